The molecule has 0 saturated carbocycles. The van der Waals surface area contributed by atoms with Crippen molar-refractivity contribution < 1.29 is 9.72 Å². The maximum absolute atomic E-state index is 12.4. The molecular formula is C13H17N3O3S. The van der Waals surface area contributed by atoms with Gasteiger partial charge in [-0.15, -0.1) is 11.8 Å². The van der Waals surface area contributed by atoms with Crippen LogP contribution in [0.25, 0.3) is 0 Å². The van der Waals surface area contributed by atoms with Crippen molar-refractivity contribution in [1.82, 2.24) is 4.90 Å². The van der Waals surface area contributed by atoms with Gasteiger partial charge < -0.3 is 10.6 Å². The molecule has 0 bridgehead atoms. The van der Waals surface area contributed by atoms with Crippen LogP contribution in [-0.2, 0) is 0 Å². The Kier molecular flexibility index (Phi) is 4.61. The second kappa shape index (κ2) is 6.23. The van der Waals surface area contributed by atoms with Crippen molar-refractivity contribution in [1.29, 1.82) is 0 Å². The summed E-state index contributed by atoms with van der Waals surface area (Å²) in [4.78, 5) is 25.3. The molecule has 1 saturated heterocycles. The number of amides is 1. The lowest BCUT2D eigenvalue weighted by Crippen LogP contribution is -2.39. The maximum atomic E-state index is 12.4. The standard InChI is InChI=1S/C13H17N3O3S/c1-20-12-5-4-9(7-11(12)16(18)19)13(17)15-6-2-3-10(15)8-14/h4-5,7,10H,2-3,6,8,14H2,1H3. The number of nitro groups is 1. The summed E-state index contributed by atoms with van der Waals surface area (Å²) in [5.41, 5.74) is 5.99. The van der Waals surface area contributed by atoms with Gasteiger partial charge in [0.15, 0.2) is 0 Å². The number of hydrogen-bond acceptors (Lipinski definition) is 5. The third kappa shape index (κ3) is 2.78. The minimum absolute atomic E-state index is 0.0214. The number of likely N-dealkylation sites (tertiary alicyclic amines) is 1. The van der Waals surface area contributed by atoms with Gasteiger partial charge in [-0.2, -0.15) is 0 Å². The van der Waals surface area contributed by atoms with Crippen molar-refractivity contribution in [2.45, 2.75) is 23.8 Å². The van der Waals surface area contributed by atoms with Crippen LogP contribution in [0.2, 0.25) is 0 Å². The molecule has 1 heterocycles. The fraction of sp³-hybridized carbons (Fsp3) is 0.462. The number of rotatable bonds is 4. The number of thioether (sulfide) groups is 1. The highest BCUT2D eigenvalue weighted by atomic mass is 32.2. The van der Waals surface area contributed by atoms with Crippen molar-refractivity contribution in [2.75, 3.05) is 19.3 Å². The lowest BCUT2D eigenvalue weighted by molar-refractivity contribution is -0.387. The van der Waals surface area contributed by atoms with Gasteiger partial charge in [-0.25, -0.2) is 0 Å². The van der Waals surface area contributed by atoms with Crippen LogP contribution in [-0.4, -0.2) is 41.1 Å². The summed E-state index contributed by atoms with van der Waals surface area (Å²) in [6, 6.07) is 4.68. The van der Waals surface area contributed by atoms with Gasteiger partial charge in [0.2, 0.25) is 0 Å². The minimum atomic E-state index is -0.451. The quantitative estimate of drug-likeness (QED) is 0.520. The molecule has 0 aromatic heterocycles. The highest BCUT2D eigenvalue weighted by Gasteiger charge is 2.29. The van der Waals surface area contributed by atoms with E-state index in [2.05, 4.69) is 0 Å². The zero-order valence-electron chi connectivity index (χ0n) is 11.2. The van der Waals surface area contributed by atoms with Crippen LogP contribution >= 0.6 is 11.8 Å². The molecule has 7 heteroatoms. The maximum Gasteiger partial charge on any atom is 0.283 e. The Morgan fingerprint density at radius 2 is 2.35 bits per heavy atom. The molecule has 0 radical (unpaired) electrons. The Hall–Kier alpha value is -1.60. The second-order valence-electron chi connectivity index (χ2n) is 4.67. The molecule has 0 spiro atoms. The Balaban J connectivity index is 2.31. The first-order chi connectivity index (χ1) is 9.58. The van der Waals surface area contributed by atoms with Crippen molar-refractivity contribution in [3.05, 3.63) is 33.9 Å². The molecule has 1 aliphatic rings. The molecule has 1 aromatic rings. The van der Waals surface area contributed by atoms with Crippen LogP contribution in [0.4, 0.5) is 5.69 Å². The van der Waals surface area contributed by atoms with E-state index in [1.54, 1.807) is 23.3 Å². The number of carbonyl (C=O) groups is 1. The lowest BCUT2D eigenvalue weighted by Gasteiger charge is -2.23. The zero-order valence-corrected chi connectivity index (χ0v) is 12.1. The fourth-order valence-corrected chi connectivity index (χ4v) is 3.03. The van der Waals surface area contributed by atoms with Crippen LogP contribution in [0.5, 0.6) is 0 Å². The minimum Gasteiger partial charge on any atom is -0.334 e. The van der Waals surface area contributed by atoms with Crippen LogP contribution in [0.1, 0.15) is 23.2 Å². The predicted octanol–water partition coefficient (Wildman–Crippen LogP) is 1.88. The third-order valence-electron chi connectivity index (χ3n) is 3.53. The molecule has 2 rings (SSSR count). The SMILES string of the molecule is CSc1ccc(C(=O)N2CCCC2CN)cc1[N+](=O)[O-]. The van der Waals surface area contributed by atoms with Crippen molar-refractivity contribution in [3.8, 4) is 0 Å². The number of hydrogen-bond donors (Lipinski definition) is 1. The van der Waals surface area contributed by atoms with E-state index in [9.17, 15) is 14.9 Å². The van der Waals surface area contributed by atoms with E-state index < -0.39 is 4.92 Å². The largest absolute Gasteiger partial charge is 0.334 e. The lowest BCUT2D eigenvalue weighted by atomic mass is 10.1. The summed E-state index contributed by atoms with van der Waals surface area (Å²) in [5.74, 6) is -0.172. The summed E-state index contributed by atoms with van der Waals surface area (Å²) >= 11 is 1.29. The molecular weight excluding hydrogens is 278 g/mol. The van der Waals surface area contributed by atoms with E-state index in [1.807, 2.05) is 0 Å². The van der Waals surface area contributed by atoms with Crippen LogP contribution in [0.3, 0.4) is 0 Å². The second-order valence-corrected chi connectivity index (χ2v) is 5.52. The van der Waals surface area contributed by atoms with E-state index in [1.165, 1.54) is 17.8 Å². The molecule has 1 aromatic carbocycles. The van der Waals surface area contributed by atoms with Crippen molar-refractivity contribution in [2.24, 2.45) is 5.73 Å². The first kappa shape index (κ1) is 14.8. The molecule has 108 valence electrons. The highest BCUT2D eigenvalue weighted by molar-refractivity contribution is 7.98. The first-order valence-corrected chi connectivity index (χ1v) is 7.64. The van der Waals surface area contributed by atoms with Gasteiger partial charge in [-0.05, 0) is 31.2 Å². The molecule has 1 atom stereocenters. The predicted molar refractivity (Wildman–Crippen MR) is 78.0 cm³/mol. The molecule has 20 heavy (non-hydrogen) atoms. The van der Waals surface area contributed by atoms with Crippen LogP contribution < -0.4 is 5.73 Å². The van der Waals surface area contributed by atoms with Gasteiger partial charge in [0.1, 0.15) is 0 Å². The Bertz CT molecular complexity index is 536. The average molecular weight is 295 g/mol. The molecule has 1 unspecified atom stereocenters. The highest BCUT2D eigenvalue weighted by Crippen LogP contribution is 2.29. The smallest absolute Gasteiger partial charge is 0.283 e. The van der Waals surface area contributed by atoms with Gasteiger partial charge in [0.25, 0.3) is 11.6 Å². The van der Waals surface area contributed by atoms with E-state index in [4.69, 9.17) is 5.73 Å². The van der Waals surface area contributed by atoms with Crippen LogP contribution in [0.15, 0.2) is 23.1 Å². The number of nitrogens with zero attached hydrogens (tertiary/aromatic N) is 2. The summed E-state index contributed by atoms with van der Waals surface area (Å²) in [6.45, 7) is 1.09. The van der Waals surface area contributed by atoms with E-state index in [-0.39, 0.29) is 17.6 Å². The van der Waals surface area contributed by atoms with E-state index in [0.29, 0.717) is 23.5 Å². The number of nitro benzene ring substituents is 1. The van der Waals surface area contributed by atoms with Crippen molar-refractivity contribution in [3.63, 3.8) is 0 Å². The van der Waals surface area contributed by atoms with Gasteiger partial charge in [-0.3, -0.25) is 14.9 Å². The van der Waals surface area contributed by atoms with Gasteiger partial charge in [-0.1, -0.05) is 0 Å². The fourth-order valence-electron chi connectivity index (χ4n) is 2.48. The first-order valence-electron chi connectivity index (χ1n) is 6.42. The van der Waals surface area contributed by atoms with Gasteiger partial charge in [0, 0.05) is 30.8 Å². The summed E-state index contributed by atoms with van der Waals surface area (Å²) < 4.78 is 0. The zero-order chi connectivity index (χ0) is 14.7. The third-order valence-corrected chi connectivity index (χ3v) is 4.32. The van der Waals surface area contributed by atoms with Crippen molar-refractivity contribution >= 4 is 23.4 Å². The van der Waals surface area contributed by atoms with Gasteiger partial charge in [0.05, 0.1) is 9.82 Å². The number of nitrogens with two attached hydrogens (primary N) is 1. The topological polar surface area (TPSA) is 89.5 Å². The normalized spacial score (nSPS) is 18.3. The van der Waals surface area contributed by atoms with E-state index >= 15 is 0 Å². The summed E-state index contributed by atoms with van der Waals surface area (Å²) in [6.07, 6.45) is 3.60. The summed E-state index contributed by atoms with van der Waals surface area (Å²) in [7, 11) is 0. The monoisotopic (exact) mass is 295 g/mol. The summed E-state index contributed by atoms with van der Waals surface area (Å²) in [5, 5.41) is 11.0. The number of benzene rings is 1. The average Bonchev–Trinajstić information content (AvgIpc) is 2.94. The molecule has 1 aliphatic heterocycles. The van der Waals surface area contributed by atoms with Gasteiger partial charge >= 0.3 is 0 Å². The molecule has 1 fully saturated rings. The Labute approximate surface area is 121 Å². The molecule has 1 amide bonds. The Morgan fingerprint density at radius 1 is 1.60 bits per heavy atom. The number of carbonyl (C=O) groups excluding carboxylic acids is 1. The molecule has 6 nitrogen and oxygen atoms in total. The van der Waals surface area contributed by atoms with E-state index in [0.717, 1.165) is 12.8 Å². The van der Waals surface area contributed by atoms with Crippen LogP contribution in [0, 0.1) is 10.1 Å². The molecule has 2 N–H and O–H groups in total. The molecule has 0 aliphatic carbocycles. The Morgan fingerprint density at radius 3 is 2.95 bits per heavy atom.